The maximum atomic E-state index is 13.5. The second kappa shape index (κ2) is 16.5. The molecule has 0 radical (unpaired) electrons. The first-order valence-corrected chi connectivity index (χ1v) is 15.9. The molecule has 0 aliphatic heterocycles. The van der Waals surface area contributed by atoms with Crippen molar-refractivity contribution < 1.29 is 14.4 Å². The van der Waals surface area contributed by atoms with Gasteiger partial charge in [0.25, 0.3) is 17.7 Å². The molecule has 4 aromatic rings. The summed E-state index contributed by atoms with van der Waals surface area (Å²) in [5.41, 5.74) is 1.66. The van der Waals surface area contributed by atoms with Crippen LogP contribution in [0.2, 0.25) is 25.1 Å². The van der Waals surface area contributed by atoms with E-state index in [9.17, 15) is 14.4 Å². The second-order valence-electron chi connectivity index (χ2n) is 8.90. The van der Waals surface area contributed by atoms with Gasteiger partial charge in [-0.3, -0.25) is 14.4 Å². The average molecular weight is 779 g/mol. The Morgan fingerprint density at radius 1 is 0.867 bits per heavy atom. The molecule has 2 aromatic heterocycles. The smallest absolute Gasteiger partial charge is 0.277 e. The number of rotatable bonds is 8. The summed E-state index contributed by atoms with van der Waals surface area (Å²) >= 11 is 33.8. The van der Waals surface area contributed by atoms with E-state index in [2.05, 4.69) is 42.0 Å². The molecule has 0 bridgehead atoms. The predicted molar refractivity (Wildman–Crippen MR) is 185 cm³/mol. The van der Waals surface area contributed by atoms with Gasteiger partial charge in [-0.1, -0.05) is 58.0 Å². The number of nitrogens with one attached hydrogen (secondary N) is 3. The zero-order valence-corrected chi connectivity index (χ0v) is 29.7. The highest BCUT2D eigenvalue weighted by Crippen LogP contribution is 2.35. The van der Waals surface area contributed by atoms with Gasteiger partial charge >= 0.3 is 0 Å². The van der Waals surface area contributed by atoms with E-state index in [1.54, 1.807) is 50.5 Å². The van der Waals surface area contributed by atoms with Crippen LogP contribution in [0.3, 0.4) is 0 Å². The van der Waals surface area contributed by atoms with Crippen LogP contribution in [0.4, 0.5) is 11.4 Å². The van der Waals surface area contributed by atoms with Crippen molar-refractivity contribution in [1.29, 1.82) is 0 Å². The second-order valence-corrected chi connectivity index (χ2v) is 11.8. The summed E-state index contributed by atoms with van der Waals surface area (Å²) in [6, 6.07) is 11.0. The van der Waals surface area contributed by atoms with E-state index in [1.165, 1.54) is 28.8 Å². The minimum atomic E-state index is -0.452. The Hall–Kier alpha value is -3.06. The van der Waals surface area contributed by atoms with E-state index in [4.69, 9.17) is 58.0 Å². The SMILES string of the molecule is CCN(C(=O)c1cc(Br)nn1-c1ncccc1Cl)c1c(Cl)cc(Cl)cc1C(=O)NC.CCNc1c(Cl)cc(Cl)cc1C(=O)NC. The summed E-state index contributed by atoms with van der Waals surface area (Å²) in [7, 11) is 3.04. The first-order valence-electron chi connectivity index (χ1n) is 13.2. The number of anilines is 2. The summed E-state index contributed by atoms with van der Waals surface area (Å²) < 4.78 is 1.75. The zero-order valence-electron chi connectivity index (χ0n) is 24.3. The number of aromatic nitrogens is 3. The molecule has 0 fully saturated rings. The molecule has 0 aliphatic carbocycles. The van der Waals surface area contributed by atoms with E-state index >= 15 is 0 Å². The first kappa shape index (κ1) is 36.4. The molecular formula is C29H27BrCl5N7O3. The summed E-state index contributed by atoms with van der Waals surface area (Å²) in [6.07, 6.45) is 1.54. The van der Waals surface area contributed by atoms with Crippen LogP contribution in [-0.2, 0) is 0 Å². The lowest BCUT2D eigenvalue weighted by Crippen LogP contribution is -2.35. The lowest BCUT2D eigenvalue weighted by atomic mass is 10.1. The Morgan fingerprint density at radius 2 is 1.47 bits per heavy atom. The van der Waals surface area contributed by atoms with Crippen LogP contribution in [-0.4, -0.2) is 59.7 Å². The molecule has 3 amide bonds. The van der Waals surface area contributed by atoms with E-state index in [0.717, 1.165) is 0 Å². The van der Waals surface area contributed by atoms with Crippen molar-refractivity contribution in [1.82, 2.24) is 25.4 Å². The van der Waals surface area contributed by atoms with Crippen LogP contribution in [0.25, 0.3) is 5.82 Å². The van der Waals surface area contributed by atoms with Crippen molar-refractivity contribution in [3.05, 3.63) is 95.2 Å². The summed E-state index contributed by atoms with van der Waals surface area (Å²) in [4.78, 5) is 43.1. The van der Waals surface area contributed by atoms with E-state index in [-0.39, 0.29) is 45.3 Å². The van der Waals surface area contributed by atoms with Crippen LogP contribution in [0, 0.1) is 0 Å². The third-order valence-electron chi connectivity index (χ3n) is 6.05. The van der Waals surface area contributed by atoms with Crippen molar-refractivity contribution in [3.63, 3.8) is 0 Å². The highest BCUT2D eigenvalue weighted by molar-refractivity contribution is 9.10. The van der Waals surface area contributed by atoms with Gasteiger partial charge in [0.1, 0.15) is 10.3 Å². The minimum absolute atomic E-state index is 0.164. The quantitative estimate of drug-likeness (QED) is 0.168. The average Bonchev–Trinajstić information content (AvgIpc) is 3.40. The molecular weight excluding hydrogens is 752 g/mol. The van der Waals surface area contributed by atoms with Gasteiger partial charge in [-0.05, 0) is 66.2 Å². The highest BCUT2D eigenvalue weighted by Gasteiger charge is 2.28. The molecule has 3 N–H and O–H groups in total. The normalized spacial score (nSPS) is 10.4. The van der Waals surface area contributed by atoms with Crippen LogP contribution in [0.5, 0.6) is 0 Å². The number of nitrogens with zero attached hydrogens (tertiary/aromatic N) is 4. The summed E-state index contributed by atoms with van der Waals surface area (Å²) in [6.45, 7) is 4.60. The van der Waals surface area contributed by atoms with Crippen LogP contribution in [0.15, 0.2) is 53.3 Å². The lowest BCUT2D eigenvalue weighted by molar-refractivity contribution is 0.0953. The zero-order chi connectivity index (χ0) is 33.4. The van der Waals surface area contributed by atoms with Crippen molar-refractivity contribution >= 4 is 103 Å². The molecule has 0 unspecified atom stereocenters. The number of carbonyl (C=O) groups is 3. The van der Waals surface area contributed by atoms with Crippen molar-refractivity contribution in [3.8, 4) is 5.82 Å². The fourth-order valence-electron chi connectivity index (χ4n) is 4.13. The van der Waals surface area contributed by atoms with Crippen LogP contribution in [0.1, 0.15) is 45.1 Å². The van der Waals surface area contributed by atoms with Gasteiger partial charge in [0, 0.05) is 49.5 Å². The topological polar surface area (TPSA) is 121 Å². The maximum Gasteiger partial charge on any atom is 0.277 e. The number of halogens is 6. The number of hydrogen-bond donors (Lipinski definition) is 3. The van der Waals surface area contributed by atoms with Gasteiger partial charge in [-0.25, -0.2) is 9.67 Å². The van der Waals surface area contributed by atoms with Gasteiger partial charge < -0.3 is 20.9 Å². The largest absolute Gasteiger partial charge is 0.383 e. The molecule has 2 heterocycles. The first-order chi connectivity index (χ1) is 21.4. The molecule has 45 heavy (non-hydrogen) atoms. The Kier molecular flexibility index (Phi) is 13.3. The third kappa shape index (κ3) is 8.60. The lowest BCUT2D eigenvalue weighted by Gasteiger charge is -2.25. The Balaban J connectivity index is 0.000000309. The van der Waals surface area contributed by atoms with E-state index in [0.29, 0.717) is 37.5 Å². The standard InChI is InChI=1S/C19H15BrCl3N5O2.C10H12Cl2N2O/c1-3-27(16-11(18(29)24-2)7-10(21)8-13(16)23)19(30)14-9-15(20)26-28(14)17-12(22)5-4-6-25-17;1-3-14-9-7(10(15)13-2)4-6(11)5-8(9)12/h4-9H,3H2,1-2H3,(H,24,29);4-5,14H,3H2,1-2H3,(H,13,15). The van der Waals surface area contributed by atoms with Crippen LogP contribution < -0.4 is 20.9 Å². The Labute approximate surface area is 293 Å². The Bertz CT molecular complexity index is 1730. The summed E-state index contributed by atoms with van der Waals surface area (Å²) in [5.74, 6) is -0.803. The monoisotopic (exact) mass is 775 g/mol. The number of amides is 3. The molecule has 16 heteroatoms. The highest BCUT2D eigenvalue weighted by atomic mass is 79.9. The van der Waals surface area contributed by atoms with Gasteiger partial charge in [-0.2, -0.15) is 5.10 Å². The number of carbonyl (C=O) groups excluding carboxylic acids is 3. The molecule has 0 spiro atoms. The van der Waals surface area contributed by atoms with Crippen molar-refractivity contribution in [2.75, 3.05) is 37.4 Å². The fraction of sp³-hybridized carbons (Fsp3) is 0.207. The summed E-state index contributed by atoms with van der Waals surface area (Å²) in [5, 5.41) is 14.1. The van der Waals surface area contributed by atoms with Gasteiger partial charge in [-0.15, -0.1) is 0 Å². The van der Waals surface area contributed by atoms with E-state index in [1.807, 2.05) is 6.92 Å². The minimum Gasteiger partial charge on any atom is -0.383 e. The third-order valence-corrected chi connectivity index (χ3v) is 7.75. The fourth-order valence-corrected chi connectivity index (χ4v) is 5.87. The molecule has 0 saturated carbocycles. The number of pyridine rings is 1. The van der Waals surface area contributed by atoms with Crippen molar-refractivity contribution in [2.24, 2.45) is 0 Å². The molecule has 0 atom stereocenters. The molecule has 238 valence electrons. The number of benzene rings is 2. The maximum absolute atomic E-state index is 13.5. The number of hydrogen-bond acceptors (Lipinski definition) is 6. The van der Waals surface area contributed by atoms with Gasteiger partial charge in [0.15, 0.2) is 5.82 Å². The van der Waals surface area contributed by atoms with Crippen molar-refractivity contribution in [2.45, 2.75) is 13.8 Å². The molecule has 10 nitrogen and oxygen atoms in total. The molecule has 0 aliphatic rings. The Morgan fingerprint density at radius 3 is 2.04 bits per heavy atom. The van der Waals surface area contributed by atoms with Gasteiger partial charge in [0.2, 0.25) is 0 Å². The molecule has 0 saturated heterocycles. The van der Waals surface area contributed by atoms with Crippen LogP contribution >= 0.6 is 73.9 Å². The van der Waals surface area contributed by atoms with Gasteiger partial charge in [0.05, 0.1) is 37.6 Å². The molecule has 2 aromatic carbocycles. The van der Waals surface area contributed by atoms with E-state index < -0.39 is 11.8 Å². The molecule has 4 rings (SSSR count). The predicted octanol–water partition coefficient (Wildman–Crippen LogP) is 7.80.